The molecule has 6 rings (SSSR count). The molecule has 10 heteroatoms. The highest BCUT2D eigenvalue weighted by molar-refractivity contribution is 8.16. The van der Waals surface area contributed by atoms with Gasteiger partial charge in [0.15, 0.2) is 5.17 Å². The fourth-order valence-electron chi connectivity index (χ4n) is 4.97. The van der Waals surface area contributed by atoms with Crippen LogP contribution in [0.1, 0.15) is 19.8 Å². The smallest absolute Gasteiger partial charge is 0.261 e. The van der Waals surface area contributed by atoms with Crippen LogP contribution in [0, 0.1) is 29.6 Å². The summed E-state index contributed by atoms with van der Waals surface area (Å²) in [6.07, 6.45) is 7.16. The quantitative estimate of drug-likeness (QED) is 0.665. The largest absolute Gasteiger partial charge is 0.264 e. The number of allylic oxidation sites excluding steroid dienone is 2. The van der Waals surface area contributed by atoms with Gasteiger partial charge in [-0.1, -0.05) is 30.8 Å². The van der Waals surface area contributed by atoms with E-state index < -0.39 is 20.0 Å². The van der Waals surface area contributed by atoms with Gasteiger partial charge in [0.2, 0.25) is 10.0 Å². The monoisotopic (exact) mass is 453 g/mol. The molecular formula is C19H23N3O4S3. The Bertz CT molecular complexity index is 1130. The maximum atomic E-state index is 12.7. The van der Waals surface area contributed by atoms with E-state index in [1.165, 1.54) is 36.4 Å². The second-order valence-corrected chi connectivity index (χ2v) is 12.6. The molecule has 2 saturated carbocycles. The minimum absolute atomic E-state index is 0.0269. The standard InChI is InChI=1S/C19H23N3O4S3/c1-2-21-28(23,24)13-4-6-17-18(8-13)29(25,26)22-19(27-17)20-10-12-7-11-3-5-14(12)16-9-15(11)16/h3-6,8,11-12,14-16,21H,2,7,9-10H2,1H3,(H,20,22). The Balaban J connectivity index is 1.37. The van der Waals surface area contributed by atoms with Crippen LogP contribution in [0.3, 0.4) is 0 Å². The van der Waals surface area contributed by atoms with Crippen molar-refractivity contribution in [3.63, 3.8) is 0 Å². The van der Waals surface area contributed by atoms with E-state index in [0.29, 0.717) is 34.4 Å². The van der Waals surface area contributed by atoms with E-state index in [9.17, 15) is 16.8 Å². The summed E-state index contributed by atoms with van der Waals surface area (Å²) in [6.45, 7) is 2.52. The highest BCUT2D eigenvalue weighted by Crippen LogP contribution is 2.61. The molecule has 5 unspecified atom stereocenters. The molecule has 7 nitrogen and oxygen atoms in total. The molecule has 29 heavy (non-hydrogen) atoms. The Kier molecular flexibility index (Phi) is 4.61. The first kappa shape index (κ1) is 19.6. The Morgan fingerprint density at radius 2 is 2.07 bits per heavy atom. The van der Waals surface area contributed by atoms with Crippen LogP contribution in [0.5, 0.6) is 0 Å². The Morgan fingerprint density at radius 1 is 1.24 bits per heavy atom. The van der Waals surface area contributed by atoms with Gasteiger partial charge in [0.05, 0.1) is 4.90 Å². The molecular weight excluding hydrogens is 430 g/mol. The number of amidine groups is 1. The van der Waals surface area contributed by atoms with E-state index in [2.05, 4.69) is 26.6 Å². The van der Waals surface area contributed by atoms with E-state index in [4.69, 9.17) is 0 Å². The minimum atomic E-state index is -3.86. The fraction of sp³-hybridized carbons (Fsp3) is 0.526. The van der Waals surface area contributed by atoms with Crippen LogP contribution in [0.2, 0.25) is 0 Å². The van der Waals surface area contributed by atoms with Gasteiger partial charge in [0.25, 0.3) is 10.0 Å². The molecule has 2 N–H and O–H groups in total. The van der Waals surface area contributed by atoms with E-state index in [-0.39, 0.29) is 16.3 Å². The number of nitrogens with zero attached hydrogens (tertiary/aromatic N) is 1. The zero-order valence-electron chi connectivity index (χ0n) is 15.9. The van der Waals surface area contributed by atoms with Crippen LogP contribution in [-0.4, -0.2) is 35.1 Å². The molecule has 0 saturated heterocycles. The van der Waals surface area contributed by atoms with Gasteiger partial charge in [0.1, 0.15) is 4.90 Å². The number of hydrogen-bond acceptors (Lipinski definition) is 6. The number of nitrogens with one attached hydrogen (secondary N) is 2. The van der Waals surface area contributed by atoms with Gasteiger partial charge < -0.3 is 0 Å². The van der Waals surface area contributed by atoms with Crippen molar-refractivity contribution in [2.75, 3.05) is 13.1 Å². The van der Waals surface area contributed by atoms with Crippen molar-refractivity contribution < 1.29 is 16.8 Å². The van der Waals surface area contributed by atoms with Crippen LogP contribution in [0.15, 0.2) is 50.0 Å². The fourth-order valence-corrected chi connectivity index (χ4v) is 8.73. The number of fused-ring (bicyclic) bond motifs is 2. The number of thioether (sulfide) groups is 1. The molecule has 1 heterocycles. The molecule has 0 aromatic heterocycles. The Hall–Kier alpha value is -1.36. The first-order valence-corrected chi connectivity index (χ1v) is 13.6. The van der Waals surface area contributed by atoms with Crippen molar-refractivity contribution in [3.05, 3.63) is 30.4 Å². The zero-order chi connectivity index (χ0) is 20.4. The molecule has 0 amide bonds. The molecule has 1 aromatic rings. The molecule has 5 atom stereocenters. The molecule has 5 aliphatic rings. The molecule has 156 valence electrons. The van der Waals surface area contributed by atoms with Gasteiger partial charge in [-0.15, -0.1) is 0 Å². The third kappa shape index (κ3) is 3.43. The molecule has 1 aromatic carbocycles. The Morgan fingerprint density at radius 3 is 2.83 bits per heavy atom. The predicted molar refractivity (Wildman–Crippen MR) is 112 cm³/mol. The number of hydrogen-bond donors (Lipinski definition) is 2. The highest BCUT2D eigenvalue weighted by Gasteiger charge is 2.54. The number of aliphatic imine (C=N–C) groups is 1. The average molecular weight is 454 g/mol. The van der Waals surface area contributed by atoms with Gasteiger partial charge in [0, 0.05) is 18.0 Å². The van der Waals surface area contributed by atoms with E-state index in [1.807, 2.05) is 0 Å². The lowest BCUT2D eigenvalue weighted by Crippen LogP contribution is -2.35. The maximum Gasteiger partial charge on any atom is 0.264 e. The van der Waals surface area contributed by atoms with Gasteiger partial charge >= 0.3 is 0 Å². The van der Waals surface area contributed by atoms with E-state index >= 15 is 0 Å². The number of rotatable bonds is 5. The van der Waals surface area contributed by atoms with Gasteiger partial charge in [-0.2, -0.15) is 0 Å². The van der Waals surface area contributed by atoms with E-state index in [1.54, 1.807) is 6.92 Å². The van der Waals surface area contributed by atoms with Gasteiger partial charge in [-0.25, -0.2) is 21.6 Å². The lowest BCUT2D eigenvalue weighted by molar-refractivity contribution is 0.212. The van der Waals surface area contributed by atoms with Gasteiger partial charge in [-0.3, -0.25) is 9.71 Å². The number of benzene rings is 1. The lowest BCUT2D eigenvalue weighted by atomic mass is 9.69. The van der Waals surface area contributed by atoms with E-state index in [0.717, 1.165) is 18.3 Å². The predicted octanol–water partition coefficient (Wildman–Crippen LogP) is 2.18. The van der Waals surface area contributed by atoms with Crippen LogP contribution in [0.4, 0.5) is 0 Å². The van der Waals surface area contributed by atoms with Gasteiger partial charge in [-0.05, 0) is 60.6 Å². The SMILES string of the molecule is CCNS(=O)(=O)c1ccc2c(c1)S(=O)(=O)NC(=NCC1CC3C=CC1C1CC31)S2. The number of sulfonamides is 2. The summed E-state index contributed by atoms with van der Waals surface area (Å²) < 4.78 is 54.8. The summed E-state index contributed by atoms with van der Waals surface area (Å²) in [4.78, 5) is 5.00. The second kappa shape index (κ2) is 6.83. The van der Waals surface area contributed by atoms with Crippen molar-refractivity contribution in [2.24, 2.45) is 34.6 Å². The summed E-state index contributed by atoms with van der Waals surface area (Å²) in [7, 11) is -7.59. The summed E-state index contributed by atoms with van der Waals surface area (Å²) in [5.41, 5.74) is 0. The second-order valence-electron chi connectivity index (χ2n) is 8.15. The molecule has 0 spiro atoms. The van der Waals surface area contributed by atoms with Crippen molar-refractivity contribution >= 4 is 37.0 Å². The molecule has 1 aliphatic heterocycles. The third-order valence-electron chi connectivity index (χ3n) is 6.38. The summed E-state index contributed by atoms with van der Waals surface area (Å²) in [6, 6.07) is 4.18. The molecule has 2 bridgehead atoms. The van der Waals surface area contributed by atoms with Crippen molar-refractivity contribution in [2.45, 2.75) is 34.5 Å². The van der Waals surface area contributed by atoms with Crippen molar-refractivity contribution in [3.8, 4) is 0 Å². The molecule has 2 fully saturated rings. The summed E-state index contributed by atoms with van der Waals surface area (Å²) in [5, 5.41) is 0.359. The third-order valence-corrected chi connectivity index (χ3v) is 10.6. The lowest BCUT2D eigenvalue weighted by Gasteiger charge is -2.37. The minimum Gasteiger partial charge on any atom is -0.261 e. The topological polar surface area (TPSA) is 105 Å². The average Bonchev–Trinajstić information content (AvgIpc) is 3.48. The molecule has 0 radical (unpaired) electrons. The van der Waals surface area contributed by atoms with Crippen molar-refractivity contribution in [1.82, 2.24) is 9.44 Å². The first-order valence-electron chi connectivity index (χ1n) is 9.85. The maximum absolute atomic E-state index is 12.7. The zero-order valence-corrected chi connectivity index (χ0v) is 18.4. The Labute approximate surface area is 175 Å². The normalized spacial score (nSPS) is 35.1. The summed E-state index contributed by atoms with van der Waals surface area (Å²) >= 11 is 1.24. The first-order chi connectivity index (χ1) is 13.8. The summed E-state index contributed by atoms with van der Waals surface area (Å²) in [5.74, 6) is 3.39. The highest BCUT2D eigenvalue weighted by atomic mass is 32.2. The van der Waals surface area contributed by atoms with Crippen LogP contribution in [0.25, 0.3) is 0 Å². The van der Waals surface area contributed by atoms with Crippen molar-refractivity contribution in [1.29, 1.82) is 0 Å². The van der Waals surface area contributed by atoms with Crippen LogP contribution in [-0.2, 0) is 20.0 Å². The van der Waals surface area contributed by atoms with Crippen LogP contribution >= 0.6 is 11.8 Å². The molecule has 4 aliphatic carbocycles. The van der Waals surface area contributed by atoms with Crippen LogP contribution < -0.4 is 9.44 Å².